The van der Waals surface area contributed by atoms with Gasteiger partial charge in [0.15, 0.2) is 0 Å². The van der Waals surface area contributed by atoms with Crippen LogP contribution in [0.2, 0.25) is 0 Å². The Morgan fingerprint density at radius 2 is 1.96 bits per heavy atom. The lowest BCUT2D eigenvalue weighted by atomic mass is 10.1. The monoisotopic (exact) mass is 415 g/mol. The maximum absolute atomic E-state index is 12.9. The maximum Gasteiger partial charge on any atom is 0.129 e. The molecule has 0 bridgehead atoms. The highest BCUT2D eigenvalue weighted by Gasteiger charge is 2.29. The number of benzene rings is 1. The molecule has 6 nitrogen and oxygen atoms in total. The van der Waals surface area contributed by atoms with Crippen LogP contribution in [0.25, 0.3) is 0 Å². The summed E-state index contributed by atoms with van der Waals surface area (Å²) in [5.74, 6) is 6.73. The van der Waals surface area contributed by atoms with Crippen molar-refractivity contribution >= 4 is 34.4 Å². The summed E-state index contributed by atoms with van der Waals surface area (Å²) in [7, 11) is 2.79. The second kappa shape index (κ2) is 9.43. The molecule has 2 heterocycles. The van der Waals surface area contributed by atoms with Crippen molar-refractivity contribution in [3.05, 3.63) is 42.6 Å². The fourth-order valence-electron chi connectivity index (χ4n) is 3.06. The van der Waals surface area contributed by atoms with Crippen molar-refractivity contribution in [2.45, 2.75) is 22.8 Å². The third-order valence-electron chi connectivity index (χ3n) is 4.31. The van der Waals surface area contributed by atoms with Gasteiger partial charge in [0.05, 0.1) is 4.90 Å². The molecule has 0 aliphatic carbocycles. The largest absolute Gasteiger partial charge is 0.384 e. The number of nitrogens with zero attached hydrogens (tertiary/aromatic N) is 4. The van der Waals surface area contributed by atoms with Gasteiger partial charge in [0, 0.05) is 36.4 Å². The van der Waals surface area contributed by atoms with Gasteiger partial charge in [-0.3, -0.25) is 4.31 Å². The molecule has 0 amide bonds. The fraction of sp³-hybridized carbons (Fsp3) is 0.350. The maximum atomic E-state index is 12.9. The van der Waals surface area contributed by atoms with Gasteiger partial charge in [0.2, 0.25) is 0 Å². The van der Waals surface area contributed by atoms with E-state index in [-0.39, 0.29) is 6.04 Å². The van der Waals surface area contributed by atoms with E-state index in [0.29, 0.717) is 23.8 Å². The Balaban J connectivity index is 1.74. The van der Waals surface area contributed by atoms with Gasteiger partial charge in [-0.2, -0.15) is 0 Å². The number of hydrogen-bond acceptors (Lipinski definition) is 6. The van der Waals surface area contributed by atoms with Gasteiger partial charge < -0.3 is 10.6 Å². The van der Waals surface area contributed by atoms with Crippen LogP contribution in [-0.4, -0.2) is 57.6 Å². The number of anilines is 2. The van der Waals surface area contributed by atoms with Crippen molar-refractivity contribution < 1.29 is 4.21 Å². The van der Waals surface area contributed by atoms with Gasteiger partial charge in [0.25, 0.3) is 0 Å². The third kappa shape index (κ3) is 5.06. The smallest absolute Gasteiger partial charge is 0.129 e. The van der Waals surface area contributed by atoms with E-state index in [1.165, 1.54) is 4.90 Å². The van der Waals surface area contributed by atoms with Crippen molar-refractivity contribution in [3.63, 3.8) is 0 Å². The molecule has 28 heavy (non-hydrogen) atoms. The highest BCUT2D eigenvalue weighted by Crippen LogP contribution is 2.26. The summed E-state index contributed by atoms with van der Waals surface area (Å²) < 4.78 is 17.0. The van der Waals surface area contributed by atoms with Crippen LogP contribution in [0.15, 0.2) is 52.4 Å². The molecule has 2 atom stereocenters. The first-order valence-electron chi connectivity index (χ1n) is 9.00. The lowest BCUT2D eigenvalue weighted by molar-refractivity contribution is 0.381. The van der Waals surface area contributed by atoms with Crippen molar-refractivity contribution in [2.24, 2.45) is 0 Å². The van der Waals surface area contributed by atoms with Crippen molar-refractivity contribution in [1.29, 1.82) is 0 Å². The van der Waals surface area contributed by atoms with E-state index in [1.807, 2.05) is 25.3 Å². The standard InChI is InChI=1S/C20H25N5OS2/c1-4-5-17-15-24(28(26)19-10-11-20(21)22-14-19)12-13-25(17)16-6-8-18(9-7-16)27-23(2)3/h6-11,14,17H,12-13,15H2,1-3H3,(H2,21,22). The zero-order valence-corrected chi connectivity index (χ0v) is 18.0. The van der Waals surface area contributed by atoms with Gasteiger partial charge >= 0.3 is 0 Å². The van der Waals surface area contributed by atoms with Crippen LogP contribution >= 0.6 is 11.9 Å². The Labute approximate surface area is 173 Å². The molecule has 8 heteroatoms. The van der Waals surface area contributed by atoms with Gasteiger partial charge in [0.1, 0.15) is 22.8 Å². The first kappa shape index (κ1) is 20.7. The number of nitrogen functional groups attached to an aromatic ring is 1. The summed E-state index contributed by atoms with van der Waals surface area (Å²) in [5.41, 5.74) is 6.77. The average Bonchev–Trinajstić information content (AvgIpc) is 2.68. The molecule has 1 fully saturated rings. The SMILES string of the molecule is CC#CC1CN(S(=O)c2ccc(N)nc2)CCN1c1ccc(SN(C)C)cc1. The van der Waals surface area contributed by atoms with E-state index in [9.17, 15) is 4.21 Å². The van der Waals surface area contributed by atoms with Crippen LogP contribution in [0, 0.1) is 11.8 Å². The molecule has 2 N–H and O–H groups in total. The molecule has 1 aromatic carbocycles. The van der Waals surface area contributed by atoms with Crippen LogP contribution in [0.4, 0.5) is 11.5 Å². The normalized spacial score (nSPS) is 18.6. The quantitative estimate of drug-likeness (QED) is 0.598. The van der Waals surface area contributed by atoms with Gasteiger partial charge in [-0.15, -0.1) is 5.92 Å². The Kier molecular flexibility index (Phi) is 6.97. The zero-order valence-electron chi connectivity index (χ0n) is 16.3. The van der Waals surface area contributed by atoms with Crippen molar-refractivity contribution in [2.75, 3.05) is 44.4 Å². The van der Waals surface area contributed by atoms with Crippen LogP contribution in [-0.2, 0) is 11.0 Å². The Morgan fingerprint density at radius 3 is 2.57 bits per heavy atom. The second-order valence-corrected chi connectivity index (χ2v) is 9.43. The van der Waals surface area contributed by atoms with E-state index in [0.717, 1.165) is 12.2 Å². The fourth-order valence-corrected chi connectivity index (χ4v) is 4.89. The molecule has 2 unspecified atom stereocenters. The molecule has 0 saturated carbocycles. The summed E-state index contributed by atoms with van der Waals surface area (Å²) in [6.07, 6.45) is 1.58. The van der Waals surface area contributed by atoms with Crippen molar-refractivity contribution in [3.8, 4) is 11.8 Å². The molecule has 148 valence electrons. The number of hydrogen-bond donors (Lipinski definition) is 1. The molecular weight excluding hydrogens is 390 g/mol. The Bertz CT molecular complexity index is 874. The molecule has 1 aromatic heterocycles. The molecule has 1 aliphatic heterocycles. The summed E-state index contributed by atoms with van der Waals surface area (Å²) in [4.78, 5) is 8.20. The van der Waals surface area contributed by atoms with E-state index < -0.39 is 11.0 Å². The minimum Gasteiger partial charge on any atom is -0.384 e. The number of aromatic nitrogens is 1. The van der Waals surface area contributed by atoms with E-state index >= 15 is 0 Å². The molecule has 1 aliphatic rings. The molecule has 1 saturated heterocycles. The molecule has 0 spiro atoms. The van der Waals surface area contributed by atoms with Crippen LogP contribution in [0.5, 0.6) is 0 Å². The van der Waals surface area contributed by atoms with Crippen LogP contribution in [0.3, 0.4) is 0 Å². The highest BCUT2D eigenvalue weighted by molar-refractivity contribution is 7.97. The number of nitrogens with two attached hydrogens (primary N) is 1. The second-order valence-electron chi connectivity index (χ2n) is 6.56. The van der Waals surface area contributed by atoms with E-state index in [2.05, 4.69) is 50.3 Å². The number of pyridine rings is 1. The lowest BCUT2D eigenvalue weighted by Crippen LogP contribution is -2.53. The number of piperazine rings is 1. The van der Waals surface area contributed by atoms with Crippen molar-refractivity contribution in [1.82, 2.24) is 13.6 Å². The molecule has 2 aromatic rings. The first-order valence-corrected chi connectivity index (χ1v) is 10.9. The lowest BCUT2D eigenvalue weighted by Gasteiger charge is -2.39. The van der Waals surface area contributed by atoms with Gasteiger partial charge in [-0.25, -0.2) is 13.5 Å². The van der Waals surface area contributed by atoms with Gasteiger partial charge in [-0.1, -0.05) is 5.92 Å². The van der Waals surface area contributed by atoms with E-state index in [4.69, 9.17) is 5.73 Å². The Morgan fingerprint density at radius 1 is 1.21 bits per heavy atom. The summed E-state index contributed by atoms with van der Waals surface area (Å²) >= 11 is 1.69. The predicted molar refractivity (Wildman–Crippen MR) is 117 cm³/mol. The highest BCUT2D eigenvalue weighted by atomic mass is 32.2. The van der Waals surface area contributed by atoms with Crippen LogP contribution in [0.1, 0.15) is 6.92 Å². The third-order valence-corrected chi connectivity index (χ3v) is 6.60. The topological polar surface area (TPSA) is 65.7 Å². The summed E-state index contributed by atoms with van der Waals surface area (Å²) in [6, 6.07) is 11.9. The molecule has 0 radical (unpaired) electrons. The Hall–Kier alpha value is -2.05. The first-order chi connectivity index (χ1) is 13.5. The van der Waals surface area contributed by atoms with Crippen LogP contribution < -0.4 is 10.6 Å². The summed E-state index contributed by atoms with van der Waals surface area (Å²) in [5, 5.41) is 0. The minimum atomic E-state index is -1.27. The molecule has 3 rings (SSSR count). The minimum absolute atomic E-state index is 0.0169. The predicted octanol–water partition coefficient (Wildman–Crippen LogP) is 2.47. The number of rotatable bonds is 5. The van der Waals surface area contributed by atoms with Gasteiger partial charge in [-0.05, 0) is 69.4 Å². The van der Waals surface area contributed by atoms with E-state index in [1.54, 1.807) is 30.3 Å². The average molecular weight is 416 g/mol. The summed E-state index contributed by atoms with van der Waals surface area (Å²) in [6.45, 7) is 3.89. The molecular formula is C20H25N5OS2. The zero-order chi connectivity index (χ0) is 20.1.